The van der Waals surface area contributed by atoms with Gasteiger partial charge in [0.25, 0.3) is 5.91 Å². The van der Waals surface area contributed by atoms with Crippen LogP contribution >= 0.6 is 0 Å². The Morgan fingerprint density at radius 1 is 1.09 bits per heavy atom. The molecule has 0 spiro atoms. The summed E-state index contributed by atoms with van der Waals surface area (Å²) < 4.78 is 14.1. The topological polar surface area (TPSA) is 66.4 Å². The molecule has 33 heavy (non-hydrogen) atoms. The Hall–Kier alpha value is -3.61. The Bertz CT molecular complexity index is 1210. The van der Waals surface area contributed by atoms with Crippen LogP contribution in [0.2, 0.25) is 0 Å². The Balaban J connectivity index is 1.35. The number of hydrogen-bond donors (Lipinski definition) is 0. The van der Waals surface area contributed by atoms with Crippen LogP contribution in [0.25, 0.3) is 0 Å². The maximum absolute atomic E-state index is 14.1. The van der Waals surface area contributed by atoms with Gasteiger partial charge in [-0.25, -0.2) is 14.4 Å². The van der Waals surface area contributed by atoms with Crippen molar-refractivity contribution in [1.29, 1.82) is 0 Å². The molecule has 0 bridgehead atoms. The van der Waals surface area contributed by atoms with Crippen molar-refractivity contribution >= 4 is 17.6 Å². The zero-order valence-electron chi connectivity index (χ0n) is 18.5. The molecule has 7 heteroatoms. The second-order valence-electron chi connectivity index (χ2n) is 8.64. The van der Waals surface area contributed by atoms with E-state index in [-0.39, 0.29) is 30.0 Å². The highest BCUT2D eigenvalue weighted by Gasteiger charge is 2.35. The minimum atomic E-state index is -0.266. The Morgan fingerprint density at radius 3 is 2.64 bits per heavy atom. The normalized spacial score (nSPS) is 17.5. The van der Waals surface area contributed by atoms with Gasteiger partial charge < -0.3 is 4.90 Å². The molecule has 5 rings (SSSR count). The fourth-order valence-electron chi connectivity index (χ4n) is 4.66. The lowest BCUT2D eigenvalue weighted by Crippen LogP contribution is -2.30. The third-order valence-electron chi connectivity index (χ3n) is 6.52. The molecule has 2 aromatic carbocycles. The van der Waals surface area contributed by atoms with Crippen LogP contribution in [0.15, 0.2) is 54.6 Å². The van der Waals surface area contributed by atoms with Crippen LogP contribution in [0.5, 0.6) is 0 Å². The van der Waals surface area contributed by atoms with Crippen LogP contribution in [0.1, 0.15) is 45.3 Å². The van der Waals surface area contributed by atoms with Crippen molar-refractivity contribution in [3.8, 4) is 0 Å². The maximum atomic E-state index is 14.1. The summed E-state index contributed by atoms with van der Waals surface area (Å²) in [7, 11) is 0. The van der Waals surface area contributed by atoms with Crippen molar-refractivity contribution in [3.05, 3.63) is 88.6 Å². The number of aryl methyl sites for hydroxylation is 1. The first-order chi connectivity index (χ1) is 16.0. The van der Waals surface area contributed by atoms with Gasteiger partial charge >= 0.3 is 0 Å². The molecule has 0 saturated carbocycles. The van der Waals surface area contributed by atoms with E-state index in [0.29, 0.717) is 48.8 Å². The second-order valence-corrected chi connectivity index (χ2v) is 8.64. The number of anilines is 1. The van der Waals surface area contributed by atoms with E-state index in [1.54, 1.807) is 23.1 Å². The lowest BCUT2D eigenvalue weighted by Gasteiger charge is -2.19. The Morgan fingerprint density at radius 2 is 1.85 bits per heavy atom. The van der Waals surface area contributed by atoms with Crippen LogP contribution in [0, 0.1) is 12.7 Å². The molecule has 1 saturated heterocycles. The Labute approximate surface area is 192 Å². The smallest absolute Gasteiger partial charge is 0.253 e. The summed E-state index contributed by atoms with van der Waals surface area (Å²) in [5.74, 6) is 1.02. The van der Waals surface area contributed by atoms with Crippen molar-refractivity contribution in [3.63, 3.8) is 0 Å². The summed E-state index contributed by atoms with van der Waals surface area (Å²) in [6.45, 7) is 3.47. The highest BCUT2D eigenvalue weighted by Crippen LogP contribution is 2.33. The van der Waals surface area contributed by atoms with E-state index in [2.05, 4.69) is 0 Å². The molecule has 1 aromatic heterocycles. The third-order valence-corrected chi connectivity index (χ3v) is 6.52. The van der Waals surface area contributed by atoms with Gasteiger partial charge in [-0.3, -0.25) is 14.5 Å². The van der Waals surface area contributed by atoms with Gasteiger partial charge in [-0.05, 0) is 43.5 Å². The molecule has 0 aliphatic carbocycles. The summed E-state index contributed by atoms with van der Waals surface area (Å²) in [5, 5.41) is 0. The van der Waals surface area contributed by atoms with Gasteiger partial charge in [-0.2, -0.15) is 0 Å². The van der Waals surface area contributed by atoms with E-state index in [1.807, 2.05) is 42.2 Å². The van der Waals surface area contributed by atoms with E-state index in [4.69, 9.17) is 9.97 Å². The largest absolute Gasteiger partial charge is 0.338 e. The van der Waals surface area contributed by atoms with Crippen LogP contribution in [-0.2, 0) is 17.6 Å². The highest BCUT2D eigenvalue weighted by molar-refractivity contribution is 6.00. The fourth-order valence-corrected chi connectivity index (χ4v) is 4.66. The maximum Gasteiger partial charge on any atom is 0.253 e. The first-order valence-corrected chi connectivity index (χ1v) is 11.3. The number of carbonyl (C=O) groups is 2. The van der Waals surface area contributed by atoms with E-state index in [0.717, 1.165) is 17.7 Å². The van der Waals surface area contributed by atoms with Crippen LogP contribution in [0.4, 0.5) is 10.2 Å². The van der Waals surface area contributed by atoms with Gasteiger partial charge in [-0.1, -0.05) is 36.4 Å². The SMILES string of the molecule is Cc1nc([C@@H]2CCN(C(=O)c3ccccc3)C2)nc2c1CC(=O)N2CCc1ccccc1F. The van der Waals surface area contributed by atoms with Crippen molar-refractivity contribution in [2.24, 2.45) is 0 Å². The number of amides is 2. The third kappa shape index (κ3) is 4.11. The Kier molecular flexibility index (Phi) is 5.62. The summed E-state index contributed by atoms with van der Waals surface area (Å²) >= 11 is 0. The first kappa shape index (κ1) is 21.2. The molecule has 0 radical (unpaired) electrons. The number of carbonyl (C=O) groups excluding carboxylic acids is 2. The highest BCUT2D eigenvalue weighted by atomic mass is 19.1. The molecule has 168 valence electrons. The lowest BCUT2D eigenvalue weighted by molar-refractivity contribution is -0.117. The van der Waals surface area contributed by atoms with Gasteiger partial charge in [0.2, 0.25) is 5.91 Å². The molecule has 6 nitrogen and oxygen atoms in total. The van der Waals surface area contributed by atoms with Crippen molar-refractivity contribution in [2.45, 2.75) is 32.1 Å². The summed E-state index contributed by atoms with van der Waals surface area (Å²) in [6.07, 6.45) is 1.46. The van der Waals surface area contributed by atoms with Crippen LogP contribution in [0.3, 0.4) is 0 Å². The van der Waals surface area contributed by atoms with Crippen molar-refractivity contribution in [2.75, 3.05) is 24.5 Å². The summed E-state index contributed by atoms with van der Waals surface area (Å²) in [5.41, 5.74) is 2.89. The number of hydrogen-bond acceptors (Lipinski definition) is 4. The van der Waals surface area contributed by atoms with Gasteiger partial charge in [0, 0.05) is 42.4 Å². The summed E-state index contributed by atoms with van der Waals surface area (Å²) in [6, 6.07) is 15.9. The van der Waals surface area contributed by atoms with E-state index >= 15 is 0 Å². The van der Waals surface area contributed by atoms with Crippen LogP contribution < -0.4 is 4.90 Å². The van der Waals surface area contributed by atoms with Gasteiger partial charge in [0.05, 0.1) is 6.42 Å². The molecule has 3 heterocycles. The van der Waals surface area contributed by atoms with Crippen molar-refractivity contribution in [1.82, 2.24) is 14.9 Å². The fraction of sp³-hybridized carbons (Fsp3) is 0.308. The van der Waals surface area contributed by atoms with Gasteiger partial charge in [0.1, 0.15) is 17.5 Å². The van der Waals surface area contributed by atoms with E-state index in [9.17, 15) is 14.0 Å². The average Bonchev–Trinajstić information content (AvgIpc) is 3.44. The van der Waals surface area contributed by atoms with E-state index < -0.39 is 0 Å². The van der Waals surface area contributed by atoms with E-state index in [1.165, 1.54) is 6.07 Å². The number of benzene rings is 2. The molecule has 3 aromatic rings. The molecule has 2 aliphatic rings. The number of aromatic nitrogens is 2. The lowest BCUT2D eigenvalue weighted by atomic mass is 10.1. The molecule has 0 unspecified atom stereocenters. The molecular formula is C26H25FN4O2. The molecule has 0 N–H and O–H groups in total. The summed E-state index contributed by atoms with van der Waals surface area (Å²) in [4.78, 5) is 38.5. The van der Waals surface area contributed by atoms with Crippen molar-refractivity contribution < 1.29 is 14.0 Å². The predicted octanol–water partition coefficient (Wildman–Crippen LogP) is 3.69. The molecule has 1 fully saturated rings. The number of fused-ring (bicyclic) bond motifs is 1. The zero-order chi connectivity index (χ0) is 22.9. The molecule has 2 amide bonds. The molecular weight excluding hydrogens is 419 g/mol. The number of halogens is 1. The number of likely N-dealkylation sites (tertiary alicyclic amines) is 1. The molecule has 2 aliphatic heterocycles. The molecule has 1 atom stereocenters. The van der Waals surface area contributed by atoms with Gasteiger partial charge in [0.15, 0.2) is 0 Å². The quantitative estimate of drug-likeness (QED) is 0.602. The average molecular weight is 445 g/mol. The number of nitrogens with zero attached hydrogens (tertiary/aromatic N) is 4. The minimum Gasteiger partial charge on any atom is -0.338 e. The predicted molar refractivity (Wildman–Crippen MR) is 123 cm³/mol. The monoisotopic (exact) mass is 444 g/mol. The standard InChI is InChI=1S/C26H25FN4O2/c1-17-21-15-23(32)31(14-12-18-7-5-6-10-22(18)27)25(21)29-24(28-17)20-11-13-30(16-20)26(33)19-8-3-2-4-9-19/h2-10,20H,11-16H2,1H3/t20-/m1/s1. The first-order valence-electron chi connectivity index (χ1n) is 11.3. The number of rotatable bonds is 5. The second kappa shape index (κ2) is 8.73. The zero-order valence-corrected chi connectivity index (χ0v) is 18.5. The van der Waals surface area contributed by atoms with Crippen LogP contribution in [-0.4, -0.2) is 46.3 Å². The minimum absolute atomic E-state index is 0.0117. The van der Waals surface area contributed by atoms with Gasteiger partial charge in [-0.15, -0.1) is 0 Å².